The zero-order chi connectivity index (χ0) is 14.7. The smallest absolute Gasteiger partial charge is 0.161 e. The summed E-state index contributed by atoms with van der Waals surface area (Å²) >= 11 is 0. The van der Waals surface area contributed by atoms with Gasteiger partial charge in [0.2, 0.25) is 0 Å². The summed E-state index contributed by atoms with van der Waals surface area (Å²) in [4.78, 5) is 0. The molecule has 116 valence electrons. The molecule has 3 atom stereocenters. The van der Waals surface area contributed by atoms with Gasteiger partial charge in [0.15, 0.2) is 11.5 Å². The lowest BCUT2D eigenvalue weighted by atomic mass is 9.89. The van der Waals surface area contributed by atoms with Crippen molar-refractivity contribution in [3.8, 4) is 11.5 Å². The topological polar surface area (TPSA) is 30.5 Å². The van der Waals surface area contributed by atoms with Gasteiger partial charge in [-0.1, -0.05) is 19.4 Å². The Morgan fingerprint density at radius 2 is 2.10 bits per heavy atom. The van der Waals surface area contributed by atoms with Crippen LogP contribution in [0.3, 0.4) is 0 Å². The highest BCUT2D eigenvalue weighted by atomic mass is 16.5. The summed E-state index contributed by atoms with van der Waals surface area (Å²) in [5.41, 5.74) is 1.24. The van der Waals surface area contributed by atoms with Gasteiger partial charge in [-0.15, -0.1) is 0 Å². The average molecular weight is 289 g/mol. The first-order valence-electron chi connectivity index (χ1n) is 8.30. The molecule has 1 aromatic rings. The highest BCUT2D eigenvalue weighted by molar-refractivity contribution is 5.43. The molecule has 21 heavy (non-hydrogen) atoms. The van der Waals surface area contributed by atoms with Crippen molar-refractivity contribution in [2.24, 2.45) is 17.8 Å². The molecule has 0 radical (unpaired) electrons. The van der Waals surface area contributed by atoms with Crippen molar-refractivity contribution in [3.63, 3.8) is 0 Å². The lowest BCUT2D eigenvalue weighted by Gasteiger charge is -2.22. The normalized spacial score (nSPS) is 27.0. The van der Waals surface area contributed by atoms with Gasteiger partial charge in [-0.05, 0) is 61.3 Å². The van der Waals surface area contributed by atoms with Crippen molar-refractivity contribution in [2.75, 3.05) is 20.3 Å². The van der Waals surface area contributed by atoms with Gasteiger partial charge in [-0.3, -0.25) is 0 Å². The summed E-state index contributed by atoms with van der Waals surface area (Å²) in [5.74, 6) is 4.39. The molecule has 1 aromatic carbocycles. The quantitative estimate of drug-likeness (QED) is 0.831. The minimum absolute atomic E-state index is 0.759. The zero-order valence-corrected chi connectivity index (χ0v) is 13.2. The second kappa shape index (κ2) is 6.69. The number of rotatable bonds is 7. The van der Waals surface area contributed by atoms with Crippen molar-refractivity contribution in [2.45, 2.75) is 39.2 Å². The Morgan fingerprint density at radius 3 is 2.76 bits per heavy atom. The summed E-state index contributed by atoms with van der Waals surface area (Å²) in [5, 5.41) is 3.33. The molecule has 2 fully saturated rings. The van der Waals surface area contributed by atoms with Gasteiger partial charge in [-0.25, -0.2) is 0 Å². The molecular weight excluding hydrogens is 262 g/mol. The van der Waals surface area contributed by atoms with E-state index in [1.165, 1.54) is 31.2 Å². The first-order chi connectivity index (χ1) is 10.3. The molecule has 3 rings (SSSR count). The summed E-state index contributed by atoms with van der Waals surface area (Å²) in [6, 6.07) is 6.26. The Bertz CT molecular complexity index is 474. The predicted octanol–water partition coefficient (Wildman–Crippen LogP) is 3.62. The van der Waals surface area contributed by atoms with E-state index in [0.29, 0.717) is 0 Å². The lowest BCUT2D eigenvalue weighted by molar-refractivity contribution is 0.189. The van der Waals surface area contributed by atoms with E-state index < -0.39 is 0 Å². The fourth-order valence-electron chi connectivity index (χ4n) is 3.99. The number of nitrogens with one attached hydrogen (secondary N) is 1. The Balaban J connectivity index is 1.59. The van der Waals surface area contributed by atoms with E-state index in [1.807, 2.05) is 0 Å². The van der Waals surface area contributed by atoms with Gasteiger partial charge in [0.05, 0.1) is 13.7 Å². The fourth-order valence-corrected chi connectivity index (χ4v) is 3.99. The molecule has 2 bridgehead atoms. The van der Waals surface area contributed by atoms with Crippen molar-refractivity contribution in [1.82, 2.24) is 5.32 Å². The minimum atomic E-state index is 0.759. The number of hydrogen-bond donors (Lipinski definition) is 1. The van der Waals surface area contributed by atoms with E-state index in [-0.39, 0.29) is 0 Å². The van der Waals surface area contributed by atoms with Crippen LogP contribution >= 0.6 is 0 Å². The van der Waals surface area contributed by atoms with Crippen molar-refractivity contribution in [3.05, 3.63) is 23.8 Å². The molecule has 3 heteroatoms. The average Bonchev–Trinajstić information content (AvgIpc) is 3.14. The van der Waals surface area contributed by atoms with Crippen LogP contribution in [-0.4, -0.2) is 20.3 Å². The highest BCUT2D eigenvalue weighted by Crippen LogP contribution is 2.48. The first-order valence-corrected chi connectivity index (χ1v) is 8.30. The molecule has 0 aliphatic heterocycles. The Morgan fingerprint density at radius 1 is 1.19 bits per heavy atom. The molecule has 0 aromatic heterocycles. The van der Waals surface area contributed by atoms with E-state index in [0.717, 1.165) is 48.9 Å². The van der Waals surface area contributed by atoms with Gasteiger partial charge in [0.25, 0.3) is 0 Å². The lowest BCUT2D eigenvalue weighted by Crippen LogP contribution is -2.18. The molecule has 0 saturated heterocycles. The van der Waals surface area contributed by atoms with Gasteiger partial charge in [0.1, 0.15) is 0 Å². The van der Waals surface area contributed by atoms with Crippen LogP contribution in [0.4, 0.5) is 0 Å². The summed E-state index contributed by atoms with van der Waals surface area (Å²) < 4.78 is 11.6. The van der Waals surface area contributed by atoms with E-state index in [4.69, 9.17) is 9.47 Å². The molecule has 2 saturated carbocycles. The molecule has 0 amide bonds. The van der Waals surface area contributed by atoms with Crippen LogP contribution in [0.5, 0.6) is 11.5 Å². The molecule has 2 aliphatic rings. The standard InChI is InChI=1S/C18H27NO2/c1-3-19-11-14-5-7-17(18(10-14)20-2)21-12-16-9-13-4-6-15(16)8-13/h5,7,10,13,15-16,19H,3-4,6,8-9,11-12H2,1-2H3. The van der Waals surface area contributed by atoms with Crippen LogP contribution in [-0.2, 0) is 6.54 Å². The number of benzene rings is 1. The van der Waals surface area contributed by atoms with Crippen LogP contribution in [0, 0.1) is 17.8 Å². The van der Waals surface area contributed by atoms with Gasteiger partial charge < -0.3 is 14.8 Å². The Kier molecular flexibility index (Phi) is 4.69. The number of methoxy groups -OCH3 is 1. The van der Waals surface area contributed by atoms with E-state index in [1.54, 1.807) is 7.11 Å². The highest BCUT2D eigenvalue weighted by Gasteiger charge is 2.39. The van der Waals surface area contributed by atoms with Gasteiger partial charge >= 0.3 is 0 Å². The Hall–Kier alpha value is -1.22. The van der Waals surface area contributed by atoms with E-state index in [2.05, 4.69) is 30.4 Å². The predicted molar refractivity (Wildman–Crippen MR) is 84.8 cm³/mol. The molecular formula is C18H27NO2. The second-order valence-electron chi connectivity index (χ2n) is 6.51. The molecule has 0 heterocycles. The van der Waals surface area contributed by atoms with Crippen LogP contribution in [0.2, 0.25) is 0 Å². The number of hydrogen-bond acceptors (Lipinski definition) is 3. The summed E-state index contributed by atoms with van der Waals surface area (Å²) in [7, 11) is 1.72. The molecule has 1 N–H and O–H groups in total. The Labute approximate surface area is 128 Å². The molecule has 2 aliphatic carbocycles. The SMILES string of the molecule is CCNCc1ccc(OCC2CC3CCC2C3)c(OC)c1. The van der Waals surface area contributed by atoms with Crippen LogP contribution in [0.15, 0.2) is 18.2 Å². The maximum Gasteiger partial charge on any atom is 0.161 e. The third-order valence-corrected chi connectivity index (χ3v) is 5.14. The van der Waals surface area contributed by atoms with Gasteiger partial charge in [-0.2, -0.15) is 0 Å². The number of ether oxygens (including phenoxy) is 2. The number of fused-ring (bicyclic) bond motifs is 2. The summed E-state index contributed by atoms with van der Waals surface area (Å²) in [6.07, 6.45) is 5.67. The second-order valence-corrected chi connectivity index (χ2v) is 6.51. The summed E-state index contributed by atoms with van der Waals surface area (Å²) in [6.45, 7) is 4.82. The third-order valence-electron chi connectivity index (χ3n) is 5.14. The van der Waals surface area contributed by atoms with E-state index >= 15 is 0 Å². The van der Waals surface area contributed by atoms with E-state index in [9.17, 15) is 0 Å². The monoisotopic (exact) mass is 289 g/mol. The third kappa shape index (κ3) is 3.34. The molecule has 3 nitrogen and oxygen atoms in total. The van der Waals surface area contributed by atoms with Gasteiger partial charge in [0, 0.05) is 6.54 Å². The van der Waals surface area contributed by atoms with Crippen molar-refractivity contribution >= 4 is 0 Å². The molecule has 3 unspecified atom stereocenters. The minimum Gasteiger partial charge on any atom is -0.493 e. The largest absolute Gasteiger partial charge is 0.493 e. The molecule has 0 spiro atoms. The van der Waals surface area contributed by atoms with Crippen molar-refractivity contribution in [1.29, 1.82) is 0 Å². The maximum absolute atomic E-state index is 6.08. The van der Waals surface area contributed by atoms with Crippen LogP contribution in [0.1, 0.15) is 38.2 Å². The van der Waals surface area contributed by atoms with Crippen LogP contribution in [0.25, 0.3) is 0 Å². The van der Waals surface area contributed by atoms with Crippen molar-refractivity contribution < 1.29 is 9.47 Å². The maximum atomic E-state index is 6.08. The fraction of sp³-hybridized carbons (Fsp3) is 0.667. The van der Waals surface area contributed by atoms with Crippen LogP contribution < -0.4 is 14.8 Å². The zero-order valence-electron chi connectivity index (χ0n) is 13.2. The first kappa shape index (κ1) is 14.7.